The zero-order valence-electron chi connectivity index (χ0n) is 11.2. The van der Waals surface area contributed by atoms with Gasteiger partial charge in [0.1, 0.15) is 0 Å². The van der Waals surface area contributed by atoms with Crippen molar-refractivity contribution in [3.8, 4) is 0 Å². The third-order valence-electron chi connectivity index (χ3n) is 2.97. The molecule has 1 unspecified atom stereocenters. The topological polar surface area (TPSA) is 49.3 Å². The summed E-state index contributed by atoms with van der Waals surface area (Å²) in [6.07, 6.45) is 0. The van der Waals surface area contributed by atoms with Crippen LogP contribution in [0.3, 0.4) is 0 Å². The lowest BCUT2D eigenvalue weighted by atomic mass is 10.1. The Morgan fingerprint density at radius 2 is 2.00 bits per heavy atom. The summed E-state index contributed by atoms with van der Waals surface area (Å²) < 4.78 is 0. The molecule has 1 aromatic heterocycles. The lowest BCUT2D eigenvalue weighted by Gasteiger charge is -2.16. The van der Waals surface area contributed by atoms with Crippen molar-refractivity contribution in [3.63, 3.8) is 0 Å². The Kier molecular flexibility index (Phi) is 3.90. The predicted molar refractivity (Wildman–Crippen MR) is 79.2 cm³/mol. The summed E-state index contributed by atoms with van der Waals surface area (Å²) in [7, 11) is 0. The van der Waals surface area contributed by atoms with Gasteiger partial charge in [-0.15, -0.1) is 11.3 Å². The van der Waals surface area contributed by atoms with Crippen LogP contribution in [0, 0.1) is 13.8 Å². The second-order valence-electron chi connectivity index (χ2n) is 4.67. The van der Waals surface area contributed by atoms with Crippen molar-refractivity contribution in [2.75, 3.05) is 5.32 Å². The molecule has 0 radical (unpaired) electrons. The summed E-state index contributed by atoms with van der Waals surface area (Å²) in [5, 5.41) is 12.5. The highest BCUT2D eigenvalue weighted by molar-refractivity contribution is 7.12. The van der Waals surface area contributed by atoms with Crippen molar-refractivity contribution in [2.24, 2.45) is 0 Å². The Morgan fingerprint density at radius 3 is 2.58 bits per heavy atom. The Bertz CT molecular complexity index is 604. The summed E-state index contributed by atoms with van der Waals surface area (Å²) in [6, 6.07) is 9.69. The number of rotatable bonds is 4. The van der Waals surface area contributed by atoms with Crippen molar-refractivity contribution in [3.05, 3.63) is 51.2 Å². The highest BCUT2D eigenvalue weighted by Gasteiger charge is 2.14. The van der Waals surface area contributed by atoms with Crippen LogP contribution < -0.4 is 5.32 Å². The molecular weight excluding hydrogens is 258 g/mol. The van der Waals surface area contributed by atoms with E-state index in [4.69, 9.17) is 0 Å². The van der Waals surface area contributed by atoms with Crippen LogP contribution in [0.5, 0.6) is 0 Å². The van der Waals surface area contributed by atoms with Crippen LogP contribution in [0.2, 0.25) is 0 Å². The van der Waals surface area contributed by atoms with Gasteiger partial charge in [0.15, 0.2) is 0 Å². The van der Waals surface area contributed by atoms with Gasteiger partial charge in [0.2, 0.25) is 0 Å². The first-order valence-corrected chi connectivity index (χ1v) is 6.96. The summed E-state index contributed by atoms with van der Waals surface area (Å²) in [5.74, 6) is -0.902. The second-order valence-corrected chi connectivity index (χ2v) is 5.99. The third kappa shape index (κ3) is 3.15. The summed E-state index contributed by atoms with van der Waals surface area (Å²) in [5.41, 5.74) is 1.93. The molecule has 0 bridgehead atoms. The maximum Gasteiger partial charge on any atom is 0.337 e. The largest absolute Gasteiger partial charge is 0.478 e. The van der Waals surface area contributed by atoms with E-state index >= 15 is 0 Å². The zero-order valence-corrected chi connectivity index (χ0v) is 12.0. The Balaban J connectivity index is 2.26. The fourth-order valence-corrected chi connectivity index (χ4v) is 2.83. The second kappa shape index (κ2) is 5.45. The molecular formula is C15H17NO2S. The van der Waals surface area contributed by atoms with Crippen molar-refractivity contribution in [1.82, 2.24) is 0 Å². The monoisotopic (exact) mass is 275 g/mol. The van der Waals surface area contributed by atoms with E-state index in [-0.39, 0.29) is 6.04 Å². The van der Waals surface area contributed by atoms with E-state index in [1.54, 1.807) is 17.4 Å². The van der Waals surface area contributed by atoms with Crippen molar-refractivity contribution in [1.29, 1.82) is 0 Å². The Morgan fingerprint density at radius 1 is 1.26 bits per heavy atom. The molecule has 2 rings (SSSR count). The molecule has 100 valence electrons. The van der Waals surface area contributed by atoms with Crippen LogP contribution in [0.4, 0.5) is 5.69 Å². The Hall–Kier alpha value is -1.81. The summed E-state index contributed by atoms with van der Waals surface area (Å²) in [4.78, 5) is 13.7. The first-order chi connectivity index (χ1) is 8.97. The van der Waals surface area contributed by atoms with Gasteiger partial charge in [0, 0.05) is 15.4 Å². The number of anilines is 1. The molecule has 0 fully saturated rings. The number of hydrogen-bond donors (Lipinski definition) is 2. The smallest absolute Gasteiger partial charge is 0.337 e. The van der Waals surface area contributed by atoms with E-state index in [1.807, 2.05) is 26.0 Å². The standard InChI is InChI=1S/C15H17NO2S/c1-9-4-6-13(12(8-9)15(17)18)16-11(3)14-7-5-10(2)19-14/h4-8,11,16H,1-3H3,(H,17,18). The number of hydrogen-bond acceptors (Lipinski definition) is 3. The van der Waals surface area contributed by atoms with E-state index in [0.29, 0.717) is 11.3 Å². The number of carbonyl (C=O) groups is 1. The fourth-order valence-electron chi connectivity index (χ4n) is 1.95. The van der Waals surface area contributed by atoms with Crippen LogP contribution in [0.25, 0.3) is 0 Å². The average Bonchev–Trinajstić information content (AvgIpc) is 2.78. The van der Waals surface area contributed by atoms with E-state index < -0.39 is 5.97 Å². The quantitative estimate of drug-likeness (QED) is 0.877. The SMILES string of the molecule is Cc1ccc(NC(C)c2ccc(C)s2)c(C(=O)O)c1. The third-order valence-corrected chi connectivity index (χ3v) is 4.15. The molecule has 0 aliphatic carbocycles. The molecule has 0 amide bonds. The molecule has 19 heavy (non-hydrogen) atoms. The van der Waals surface area contributed by atoms with Gasteiger partial charge in [-0.05, 0) is 45.0 Å². The number of aryl methyl sites for hydroxylation is 2. The highest BCUT2D eigenvalue weighted by atomic mass is 32.1. The maximum atomic E-state index is 11.3. The molecule has 4 heteroatoms. The molecule has 0 aliphatic rings. The first kappa shape index (κ1) is 13.6. The highest BCUT2D eigenvalue weighted by Crippen LogP contribution is 2.27. The van der Waals surface area contributed by atoms with Crippen LogP contribution in [-0.2, 0) is 0 Å². The van der Waals surface area contributed by atoms with Crippen LogP contribution in [0.1, 0.15) is 38.6 Å². The van der Waals surface area contributed by atoms with Crippen molar-refractivity contribution < 1.29 is 9.90 Å². The number of benzene rings is 1. The van der Waals surface area contributed by atoms with Gasteiger partial charge in [-0.1, -0.05) is 11.6 Å². The predicted octanol–water partition coefficient (Wildman–Crippen LogP) is 4.24. The van der Waals surface area contributed by atoms with Gasteiger partial charge in [0.25, 0.3) is 0 Å². The lowest BCUT2D eigenvalue weighted by molar-refractivity contribution is 0.0698. The molecule has 0 aliphatic heterocycles. The van der Waals surface area contributed by atoms with Gasteiger partial charge >= 0.3 is 5.97 Å². The molecule has 2 N–H and O–H groups in total. The number of aromatic carboxylic acids is 1. The molecule has 1 heterocycles. The molecule has 0 spiro atoms. The zero-order chi connectivity index (χ0) is 14.0. The van der Waals surface area contributed by atoms with Crippen molar-refractivity contribution >= 4 is 23.0 Å². The number of carboxylic acid groups (broad SMARTS) is 1. The first-order valence-electron chi connectivity index (χ1n) is 6.14. The van der Waals surface area contributed by atoms with Crippen LogP contribution in [-0.4, -0.2) is 11.1 Å². The van der Waals surface area contributed by atoms with Gasteiger partial charge in [-0.25, -0.2) is 4.79 Å². The average molecular weight is 275 g/mol. The van der Waals surface area contributed by atoms with Crippen LogP contribution >= 0.6 is 11.3 Å². The van der Waals surface area contributed by atoms with Gasteiger partial charge in [-0.2, -0.15) is 0 Å². The lowest BCUT2D eigenvalue weighted by Crippen LogP contribution is -2.10. The minimum absolute atomic E-state index is 0.0968. The molecule has 1 atom stereocenters. The van der Waals surface area contributed by atoms with E-state index in [2.05, 4.69) is 24.4 Å². The minimum Gasteiger partial charge on any atom is -0.478 e. The number of thiophene rings is 1. The number of carboxylic acids is 1. The molecule has 0 saturated heterocycles. The van der Waals surface area contributed by atoms with Gasteiger partial charge < -0.3 is 10.4 Å². The van der Waals surface area contributed by atoms with Crippen LogP contribution in [0.15, 0.2) is 30.3 Å². The minimum atomic E-state index is -0.902. The van der Waals surface area contributed by atoms with Crippen molar-refractivity contribution in [2.45, 2.75) is 26.8 Å². The van der Waals surface area contributed by atoms with Gasteiger partial charge in [-0.3, -0.25) is 0 Å². The van der Waals surface area contributed by atoms with E-state index in [9.17, 15) is 9.90 Å². The van der Waals surface area contributed by atoms with E-state index in [1.165, 1.54) is 9.75 Å². The van der Waals surface area contributed by atoms with Gasteiger partial charge in [0.05, 0.1) is 11.6 Å². The molecule has 3 nitrogen and oxygen atoms in total. The Labute approximate surface area is 116 Å². The number of nitrogens with one attached hydrogen (secondary N) is 1. The van der Waals surface area contributed by atoms with E-state index in [0.717, 1.165) is 5.56 Å². The molecule has 2 aromatic rings. The molecule has 0 saturated carbocycles. The maximum absolute atomic E-state index is 11.3. The molecule has 1 aromatic carbocycles. The normalized spacial score (nSPS) is 12.2. The summed E-state index contributed by atoms with van der Waals surface area (Å²) in [6.45, 7) is 5.99. The summed E-state index contributed by atoms with van der Waals surface area (Å²) >= 11 is 1.72. The fraction of sp³-hybridized carbons (Fsp3) is 0.267.